The normalized spacial score (nSPS) is 13.7. The highest BCUT2D eigenvalue weighted by Gasteiger charge is 2.27. The molecule has 1 nitrogen and oxygen atoms in total. The van der Waals surface area contributed by atoms with Gasteiger partial charge in [0.05, 0.1) is 12.0 Å². The number of hydrogen-bond acceptors (Lipinski definition) is 2. The minimum absolute atomic E-state index is 0.869. The van der Waals surface area contributed by atoms with Crippen molar-refractivity contribution in [1.82, 2.24) is 0 Å². The molecule has 1 aliphatic carbocycles. The summed E-state index contributed by atoms with van der Waals surface area (Å²) >= 11 is 5.58. The zero-order chi connectivity index (χ0) is 12.5. The minimum Gasteiger partial charge on any atom is -0.495 e. The van der Waals surface area contributed by atoms with Gasteiger partial charge in [0.15, 0.2) is 0 Å². The van der Waals surface area contributed by atoms with Gasteiger partial charge in [0.2, 0.25) is 0 Å². The Morgan fingerprint density at radius 3 is 2.11 bits per heavy atom. The Kier molecular flexibility index (Phi) is 2.73. The lowest BCUT2D eigenvalue weighted by Gasteiger charge is -2.06. The van der Waals surface area contributed by atoms with E-state index < -0.39 is 0 Å². The van der Waals surface area contributed by atoms with Crippen molar-refractivity contribution in [2.24, 2.45) is 0 Å². The Morgan fingerprint density at radius 1 is 0.833 bits per heavy atom. The first-order valence-electron chi connectivity index (χ1n) is 5.80. The van der Waals surface area contributed by atoms with Gasteiger partial charge in [-0.25, -0.2) is 0 Å². The molecule has 0 heterocycles. The van der Waals surface area contributed by atoms with Gasteiger partial charge in [0.1, 0.15) is 5.76 Å². The SMILES string of the molecule is COC1=C(c2ccccc2)C(=S)c2ccccc21. The number of thiocarbonyl (C=S) groups is 1. The van der Waals surface area contributed by atoms with Crippen LogP contribution >= 0.6 is 12.2 Å². The fraction of sp³-hybridized carbons (Fsp3) is 0.0625. The number of hydrogen-bond donors (Lipinski definition) is 0. The predicted molar refractivity (Wildman–Crippen MR) is 78.4 cm³/mol. The van der Waals surface area contributed by atoms with Crippen LogP contribution in [0.3, 0.4) is 0 Å². The molecule has 18 heavy (non-hydrogen) atoms. The molecular weight excluding hydrogens is 240 g/mol. The largest absolute Gasteiger partial charge is 0.495 e. The maximum absolute atomic E-state index is 5.58. The summed E-state index contributed by atoms with van der Waals surface area (Å²) in [7, 11) is 1.70. The number of fused-ring (bicyclic) bond motifs is 1. The van der Waals surface area contributed by atoms with Crippen LogP contribution in [0, 0.1) is 0 Å². The number of rotatable bonds is 2. The van der Waals surface area contributed by atoms with Crippen molar-refractivity contribution in [2.45, 2.75) is 0 Å². The quantitative estimate of drug-likeness (QED) is 0.749. The summed E-state index contributed by atoms with van der Waals surface area (Å²) in [6.07, 6.45) is 0. The van der Waals surface area contributed by atoms with Gasteiger partial charge >= 0.3 is 0 Å². The molecule has 88 valence electrons. The van der Waals surface area contributed by atoms with Crippen LogP contribution in [-0.4, -0.2) is 12.0 Å². The Labute approximate surface area is 112 Å². The van der Waals surface area contributed by atoms with Gasteiger partial charge in [-0.2, -0.15) is 0 Å². The Balaban J connectivity index is 2.24. The zero-order valence-corrected chi connectivity index (χ0v) is 10.8. The van der Waals surface area contributed by atoms with Crippen LogP contribution in [-0.2, 0) is 4.74 Å². The highest BCUT2D eigenvalue weighted by Crippen LogP contribution is 2.38. The molecule has 0 bridgehead atoms. The summed E-state index contributed by atoms with van der Waals surface area (Å²) in [5.74, 6) is 0.877. The van der Waals surface area contributed by atoms with E-state index in [4.69, 9.17) is 17.0 Å². The second kappa shape index (κ2) is 4.39. The number of ether oxygens (including phenoxy) is 1. The lowest BCUT2D eigenvalue weighted by Crippen LogP contribution is -1.96. The first-order chi connectivity index (χ1) is 8.83. The van der Waals surface area contributed by atoms with Gasteiger partial charge in [-0.3, -0.25) is 0 Å². The lowest BCUT2D eigenvalue weighted by atomic mass is 10.0. The van der Waals surface area contributed by atoms with E-state index in [1.54, 1.807) is 7.11 Å². The Bertz CT molecular complexity index is 641. The van der Waals surface area contributed by atoms with Gasteiger partial charge in [0, 0.05) is 16.7 Å². The second-order valence-corrected chi connectivity index (χ2v) is 4.56. The summed E-state index contributed by atoms with van der Waals surface area (Å²) in [6.45, 7) is 0. The van der Waals surface area contributed by atoms with Crippen LogP contribution in [0.5, 0.6) is 0 Å². The van der Waals surface area contributed by atoms with Crippen molar-refractivity contribution in [2.75, 3.05) is 7.11 Å². The van der Waals surface area contributed by atoms with Gasteiger partial charge in [-0.1, -0.05) is 66.8 Å². The number of benzene rings is 2. The van der Waals surface area contributed by atoms with Crippen LogP contribution < -0.4 is 0 Å². The van der Waals surface area contributed by atoms with E-state index in [2.05, 4.69) is 18.2 Å². The van der Waals surface area contributed by atoms with E-state index in [-0.39, 0.29) is 0 Å². The van der Waals surface area contributed by atoms with Crippen LogP contribution in [0.4, 0.5) is 0 Å². The van der Waals surface area contributed by atoms with Crippen molar-refractivity contribution in [3.05, 3.63) is 71.3 Å². The first kappa shape index (κ1) is 11.2. The highest BCUT2D eigenvalue weighted by atomic mass is 32.1. The topological polar surface area (TPSA) is 9.23 Å². The molecule has 2 aromatic carbocycles. The molecule has 2 heteroatoms. The lowest BCUT2D eigenvalue weighted by molar-refractivity contribution is 0.372. The zero-order valence-electron chi connectivity index (χ0n) is 10.0. The van der Waals surface area contributed by atoms with Crippen LogP contribution in [0.25, 0.3) is 11.3 Å². The molecule has 0 saturated carbocycles. The number of allylic oxidation sites excluding steroid dienone is 1. The third-order valence-corrected chi connectivity index (χ3v) is 3.56. The summed E-state index contributed by atoms with van der Waals surface area (Å²) in [5, 5.41) is 0. The average molecular weight is 252 g/mol. The molecule has 0 unspecified atom stereocenters. The highest BCUT2D eigenvalue weighted by molar-refractivity contribution is 7.82. The molecule has 0 N–H and O–H groups in total. The van der Waals surface area contributed by atoms with Crippen molar-refractivity contribution in [3.63, 3.8) is 0 Å². The first-order valence-corrected chi connectivity index (χ1v) is 6.21. The molecular formula is C16H12OS. The monoisotopic (exact) mass is 252 g/mol. The smallest absolute Gasteiger partial charge is 0.136 e. The van der Waals surface area contributed by atoms with Crippen LogP contribution in [0.15, 0.2) is 54.6 Å². The minimum atomic E-state index is 0.869. The molecule has 0 radical (unpaired) electrons. The van der Waals surface area contributed by atoms with Gasteiger partial charge in [-0.15, -0.1) is 0 Å². The van der Waals surface area contributed by atoms with Crippen LogP contribution in [0.2, 0.25) is 0 Å². The average Bonchev–Trinajstić information content (AvgIpc) is 2.73. The predicted octanol–water partition coefficient (Wildman–Crippen LogP) is 3.93. The van der Waals surface area contributed by atoms with E-state index in [0.717, 1.165) is 32.9 Å². The van der Waals surface area contributed by atoms with E-state index in [9.17, 15) is 0 Å². The third kappa shape index (κ3) is 1.57. The summed E-state index contributed by atoms with van der Waals surface area (Å²) < 4.78 is 5.57. The molecule has 3 rings (SSSR count). The summed E-state index contributed by atoms with van der Waals surface area (Å²) in [4.78, 5) is 0.869. The molecule has 2 aromatic rings. The molecule has 0 atom stereocenters. The standard InChI is InChI=1S/C16H12OS/c1-17-15-12-9-5-6-10-13(12)16(18)14(15)11-7-3-2-4-8-11/h2-10H,1H3. The van der Waals surface area contributed by atoms with E-state index in [1.165, 1.54) is 0 Å². The fourth-order valence-corrected chi connectivity index (χ4v) is 2.72. The Morgan fingerprint density at radius 2 is 1.44 bits per heavy atom. The molecule has 0 aliphatic heterocycles. The van der Waals surface area contributed by atoms with Crippen molar-refractivity contribution in [1.29, 1.82) is 0 Å². The molecule has 0 saturated heterocycles. The van der Waals surface area contributed by atoms with Crippen molar-refractivity contribution < 1.29 is 4.74 Å². The van der Waals surface area contributed by atoms with E-state index in [0.29, 0.717) is 0 Å². The van der Waals surface area contributed by atoms with Gasteiger partial charge in [-0.05, 0) is 5.56 Å². The molecule has 0 aromatic heterocycles. The molecule has 0 fully saturated rings. The number of methoxy groups -OCH3 is 1. The van der Waals surface area contributed by atoms with Gasteiger partial charge in [0.25, 0.3) is 0 Å². The maximum Gasteiger partial charge on any atom is 0.136 e. The third-order valence-electron chi connectivity index (χ3n) is 3.14. The maximum atomic E-state index is 5.58. The van der Waals surface area contributed by atoms with E-state index >= 15 is 0 Å². The molecule has 0 spiro atoms. The van der Waals surface area contributed by atoms with E-state index in [1.807, 2.05) is 36.4 Å². The van der Waals surface area contributed by atoms with Crippen LogP contribution in [0.1, 0.15) is 16.7 Å². The van der Waals surface area contributed by atoms with Gasteiger partial charge < -0.3 is 4.74 Å². The fourth-order valence-electron chi connectivity index (χ4n) is 2.33. The second-order valence-electron chi connectivity index (χ2n) is 4.15. The summed E-state index contributed by atoms with van der Waals surface area (Å²) in [5.41, 5.74) is 4.30. The van der Waals surface area contributed by atoms with Crippen molar-refractivity contribution >= 4 is 28.4 Å². The molecule has 1 aliphatic rings. The summed E-state index contributed by atoms with van der Waals surface area (Å²) in [6, 6.07) is 18.3. The molecule has 0 amide bonds. The van der Waals surface area contributed by atoms with Crippen molar-refractivity contribution in [3.8, 4) is 0 Å². The Hall–Kier alpha value is -1.93.